The van der Waals surface area contributed by atoms with Gasteiger partial charge in [0.15, 0.2) is 0 Å². The normalized spacial score (nSPS) is 16.4. The lowest BCUT2D eigenvalue weighted by molar-refractivity contribution is 0.642. The molecule has 2 aromatic rings. The van der Waals surface area contributed by atoms with Crippen LogP contribution in [0.2, 0.25) is 0 Å². The van der Waals surface area contributed by atoms with Crippen molar-refractivity contribution in [2.75, 3.05) is 5.32 Å². The van der Waals surface area contributed by atoms with Gasteiger partial charge in [-0.15, -0.1) is 0 Å². The lowest BCUT2D eigenvalue weighted by atomic mass is 10.1. The summed E-state index contributed by atoms with van der Waals surface area (Å²) in [5.41, 5.74) is 2.34. The Morgan fingerprint density at radius 1 is 1.42 bits per heavy atom. The Hall–Kier alpha value is -1.29. The summed E-state index contributed by atoms with van der Waals surface area (Å²) in [7, 11) is 0. The smallest absolute Gasteiger partial charge is 0.203 e. The standard InChI is InChI=1S/C15H18BrN3/c1-10-9-19(15(17-10)18-14-6-7-14)11(2)12-4-3-5-13(16)8-12/h3-5,8-9,11,14H,6-7H2,1-2H3,(H,17,18). The molecule has 1 aromatic heterocycles. The first-order chi connectivity index (χ1) is 9.13. The maximum atomic E-state index is 4.60. The molecule has 1 fully saturated rings. The van der Waals surface area contributed by atoms with E-state index in [9.17, 15) is 0 Å². The second-order valence-electron chi connectivity index (χ2n) is 5.26. The van der Waals surface area contributed by atoms with Crippen LogP contribution in [-0.4, -0.2) is 15.6 Å². The molecule has 100 valence electrons. The molecule has 1 atom stereocenters. The van der Waals surface area contributed by atoms with Gasteiger partial charge in [0.2, 0.25) is 5.95 Å². The molecule has 4 heteroatoms. The molecule has 0 radical (unpaired) electrons. The Labute approximate surface area is 122 Å². The van der Waals surface area contributed by atoms with Crippen molar-refractivity contribution in [2.24, 2.45) is 0 Å². The predicted molar refractivity (Wildman–Crippen MR) is 81.6 cm³/mol. The highest BCUT2D eigenvalue weighted by molar-refractivity contribution is 9.10. The van der Waals surface area contributed by atoms with Gasteiger partial charge in [-0.2, -0.15) is 0 Å². The van der Waals surface area contributed by atoms with E-state index in [1.165, 1.54) is 18.4 Å². The van der Waals surface area contributed by atoms with E-state index in [2.05, 4.69) is 68.2 Å². The lowest BCUT2D eigenvalue weighted by Crippen LogP contribution is -2.12. The summed E-state index contributed by atoms with van der Waals surface area (Å²) in [5.74, 6) is 0.993. The van der Waals surface area contributed by atoms with E-state index >= 15 is 0 Å². The number of anilines is 1. The number of aryl methyl sites for hydroxylation is 1. The molecule has 1 aromatic carbocycles. The van der Waals surface area contributed by atoms with Gasteiger partial charge in [-0.3, -0.25) is 0 Å². The first kappa shape index (κ1) is 12.7. The molecular weight excluding hydrogens is 302 g/mol. The zero-order valence-corrected chi connectivity index (χ0v) is 12.8. The summed E-state index contributed by atoms with van der Waals surface area (Å²) in [6, 6.07) is 9.36. The van der Waals surface area contributed by atoms with Crippen molar-refractivity contribution in [2.45, 2.75) is 38.8 Å². The van der Waals surface area contributed by atoms with Gasteiger partial charge in [0.05, 0.1) is 11.7 Å². The van der Waals surface area contributed by atoms with Gasteiger partial charge in [0.25, 0.3) is 0 Å². The quantitative estimate of drug-likeness (QED) is 0.918. The highest BCUT2D eigenvalue weighted by atomic mass is 79.9. The number of nitrogens with one attached hydrogen (secondary N) is 1. The van der Waals surface area contributed by atoms with Crippen LogP contribution >= 0.6 is 15.9 Å². The highest BCUT2D eigenvalue weighted by Gasteiger charge is 2.24. The fourth-order valence-electron chi connectivity index (χ4n) is 2.26. The maximum Gasteiger partial charge on any atom is 0.203 e. The molecule has 0 amide bonds. The molecule has 1 unspecified atom stereocenters. The first-order valence-electron chi connectivity index (χ1n) is 6.71. The van der Waals surface area contributed by atoms with Crippen molar-refractivity contribution in [1.29, 1.82) is 0 Å². The van der Waals surface area contributed by atoms with Gasteiger partial charge in [-0.25, -0.2) is 4.98 Å². The molecule has 1 N–H and O–H groups in total. The third kappa shape index (κ3) is 2.84. The third-order valence-electron chi connectivity index (χ3n) is 3.51. The second kappa shape index (κ2) is 5.00. The number of halogens is 1. The molecule has 19 heavy (non-hydrogen) atoms. The van der Waals surface area contributed by atoms with E-state index in [1.54, 1.807) is 0 Å². The Balaban J connectivity index is 1.91. The SMILES string of the molecule is Cc1cn(C(C)c2cccc(Br)c2)c(NC2CC2)n1. The van der Waals surface area contributed by atoms with Crippen molar-refractivity contribution in [3.05, 3.63) is 46.2 Å². The van der Waals surface area contributed by atoms with E-state index in [1.807, 2.05) is 6.92 Å². The number of rotatable bonds is 4. The molecule has 0 aliphatic heterocycles. The Morgan fingerprint density at radius 2 is 2.21 bits per heavy atom. The van der Waals surface area contributed by atoms with Crippen LogP contribution in [0.25, 0.3) is 0 Å². The average molecular weight is 320 g/mol. The van der Waals surface area contributed by atoms with Gasteiger partial charge in [0, 0.05) is 16.7 Å². The third-order valence-corrected chi connectivity index (χ3v) is 4.00. The minimum Gasteiger partial charge on any atom is -0.353 e. The summed E-state index contributed by atoms with van der Waals surface area (Å²) in [6.45, 7) is 4.25. The minimum atomic E-state index is 0.278. The number of nitrogens with zero attached hydrogens (tertiary/aromatic N) is 2. The summed E-state index contributed by atoms with van der Waals surface area (Å²) in [6.07, 6.45) is 4.64. The predicted octanol–water partition coefficient (Wildman–Crippen LogP) is 4.14. The van der Waals surface area contributed by atoms with E-state index in [4.69, 9.17) is 0 Å². The van der Waals surface area contributed by atoms with Crippen LogP contribution in [0.3, 0.4) is 0 Å². The van der Waals surface area contributed by atoms with Gasteiger partial charge < -0.3 is 9.88 Å². The van der Waals surface area contributed by atoms with Crippen LogP contribution in [0.15, 0.2) is 34.9 Å². The van der Waals surface area contributed by atoms with E-state index in [0.29, 0.717) is 6.04 Å². The second-order valence-corrected chi connectivity index (χ2v) is 6.18. The number of imidazole rings is 1. The number of aromatic nitrogens is 2. The van der Waals surface area contributed by atoms with Gasteiger partial charge in [-0.1, -0.05) is 28.1 Å². The van der Waals surface area contributed by atoms with E-state index in [0.717, 1.165) is 16.1 Å². The van der Waals surface area contributed by atoms with Crippen LogP contribution in [0.5, 0.6) is 0 Å². The monoisotopic (exact) mass is 319 g/mol. The number of hydrogen-bond donors (Lipinski definition) is 1. The highest BCUT2D eigenvalue weighted by Crippen LogP contribution is 2.28. The van der Waals surface area contributed by atoms with Gasteiger partial charge in [0.1, 0.15) is 0 Å². The van der Waals surface area contributed by atoms with Crippen molar-refractivity contribution < 1.29 is 0 Å². The number of hydrogen-bond acceptors (Lipinski definition) is 2. The zero-order chi connectivity index (χ0) is 13.4. The largest absolute Gasteiger partial charge is 0.353 e. The molecule has 1 aliphatic rings. The van der Waals surface area contributed by atoms with Gasteiger partial charge >= 0.3 is 0 Å². The lowest BCUT2D eigenvalue weighted by Gasteiger charge is -2.17. The van der Waals surface area contributed by atoms with Gasteiger partial charge in [-0.05, 0) is 44.4 Å². The first-order valence-corrected chi connectivity index (χ1v) is 7.50. The molecular formula is C15H18BrN3. The average Bonchev–Trinajstić information content (AvgIpc) is 3.11. The molecule has 3 nitrogen and oxygen atoms in total. The van der Waals surface area contributed by atoms with E-state index < -0.39 is 0 Å². The molecule has 0 bridgehead atoms. The van der Waals surface area contributed by atoms with E-state index in [-0.39, 0.29) is 6.04 Å². The van der Waals surface area contributed by atoms with Crippen molar-refractivity contribution in [1.82, 2.24) is 9.55 Å². The van der Waals surface area contributed by atoms with Crippen molar-refractivity contribution in [3.63, 3.8) is 0 Å². The van der Waals surface area contributed by atoms with Crippen LogP contribution < -0.4 is 5.32 Å². The topological polar surface area (TPSA) is 29.9 Å². The molecule has 1 aliphatic carbocycles. The molecule has 3 rings (SSSR count). The Morgan fingerprint density at radius 3 is 2.89 bits per heavy atom. The summed E-state index contributed by atoms with van der Waals surface area (Å²) in [5, 5.41) is 3.51. The summed E-state index contributed by atoms with van der Waals surface area (Å²) < 4.78 is 3.35. The van der Waals surface area contributed by atoms with Crippen molar-refractivity contribution >= 4 is 21.9 Å². The minimum absolute atomic E-state index is 0.278. The molecule has 0 saturated heterocycles. The Bertz CT molecular complexity index is 587. The van der Waals surface area contributed by atoms with Crippen LogP contribution in [-0.2, 0) is 0 Å². The van der Waals surface area contributed by atoms with Crippen molar-refractivity contribution in [3.8, 4) is 0 Å². The summed E-state index contributed by atoms with van der Waals surface area (Å²) in [4.78, 5) is 4.60. The van der Waals surface area contributed by atoms with Crippen LogP contribution in [0, 0.1) is 6.92 Å². The van der Waals surface area contributed by atoms with Crippen LogP contribution in [0.1, 0.15) is 37.1 Å². The summed E-state index contributed by atoms with van der Waals surface area (Å²) >= 11 is 3.54. The number of benzene rings is 1. The Kier molecular flexibility index (Phi) is 3.35. The maximum absolute atomic E-state index is 4.60. The molecule has 1 saturated carbocycles. The molecule has 1 heterocycles. The zero-order valence-electron chi connectivity index (χ0n) is 11.2. The van der Waals surface area contributed by atoms with Crippen LogP contribution in [0.4, 0.5) is 5.95 Å². The fourth-order valence-corrected chi connectivity index (χ4v) is 2.67. The molecule has 0 spiro atoms. The fraction of sp³-hybridized carbons (Fsp3) is 0.400.